The Kier molecular flexibility index (Phi) is 6.14. The summed E-state index contributed by atoms with van der Waals surface area (Å²) in [6.45, 7) is 2.91. The fraction of sp³-hybridized carbons (Fsp3) is 0.500. The van der Waals surface area contributed by atoms with Gasteiger partial charge in [0.05, 0.1) is 13.2 Å². The van der Waals surface area contributed by atoms with Crippen molar-refractivity contribution in [2.45, 2.75) is 19.6 Å². The predicted octanol–water partition coefficient (Wildman–Crippen LogP) is 0.594. The molecule has 1 fully saturated rings. The molecule has 0 aromatic heterocycles. The summed E-state index contributed by atoms with van der Waals surface area (Å²) in [7, 11) is 4.92. The summed E-state index contributed by atoms with van der Waals surface area (Å²) >= 11 is 0. The molecule has 0 unspecified atom stereocenters. The average molecular weight is 347 g/mol. The molecule has 1 aliphatic heterocycles. The number of rotatable bonds is 4. The van der Waals surface area contributed by atoms with Crippen LogP contribution in [0, 0.1) is 0 Å². The van der Waals surface area contributed by atoms with Crippen LogP contribution in [0.2, 0.25) is 0 Å². The first-order valence-corrected chi connectivity index (χ1v) is 8.20. The van der Waals surface area contributed by atoms with Gasteiger partial charge in [-0.05, 0) is 17.7 Å². The van der Waals surface area contributed by atoms with Crippen LogP contribution in [-0.4, -0.2) is 79.3 Å². The summed E-state index contributed by atoms with van der Waals surface area (Å²) in [5, 5.41) is 0. The van der Waals surface area contributed by atoms with Gasteiger partial charge in [0, 0.05) is 46.8 Å². The molecule has 1 aromatic carbocycles. The number of nitrogens with zero attached hydrogens (tertiary/aromatic N) is 3. The maximum atomic E-state index is 12.7. The Morgan fingerprint density at radius 1 is 1.16 bits per heavy atom. The van der Waals surface area contributed by atoms with Crippen LogP contribution in [0.3, 0.4) is 0 Å². The molecule has 3 amide bonds. The molecule has 1 aromatic rings. The number of hydrogen-bond acceptors (Lipinski definition) is 4. The SMILES string of the molecule is COCc1ccc(C(=O)N2CCN(C(C)=O)[C@@H](C(=O)N(C)C)C2)cc1. The van der Waals surface area contributed by atoms with Crippen LogP contribution in [-0.2, 0) is 20.9 Å². The molecule has 136 valence electrons. The minimum Gasteiger partial charge on any atom is -0.380 e. The van der Waals surface area contributed by atoms with Crippen molar-refractivity contribution >= 4 is 17.7 Å². The van der Waals surface area contributed by atoms with E-state index in [0.717, 1.165) is 5.56 Å². The monoisotopic (exact) mass is 347 g/mol. The van der Waals surface area contributed by atoms with Crippen molar-refractivity contribution in [3.8, 4) is 0 Å². The van der Waals surface area contributed by atoms with Crippen LogP contribution < -0.4 is 0 Å². The first-order chi connectivity index (χ1) is 11.8. The third-order valence-corrected chi connectivity index (χ3v) is 4.31. The van der Waals surface area contributed by atoms with Gasteiger partial charge in [0.15, 0.2) is 0 Å². The third kappa shape index (κ3) is 4.36. The Morgan fingerprint density at radius 2 is 1.80 bits per heavy atom. The second-order valence-electron chi connectivity index (χ2n) is 6.34. The van der Waals surface area contributed by atoms with Gasteiger partial charge in [-0.15, -0.1) is 0 Å². The number of piperazine rings is 1. The lowest BCUT2D eigenvalue weighted by Crippen LogP contribution is -2.61. The van der Waals surface area contributed by atoms with E-state index in [1.54, 1.807) is 38.2 Å². The van der Waals surface area contributed by atoms with E-state index in [4.69, 9.17) is 4.74 Å². The summed E-state index contributed by atoms with van der Waals surface area (Å²) in [4.78, 5) is 41.6. The molecule has 1 heterocycles. The number of hydrogen-bond donors (Lipinski definition) is 0. The quantitative estimate of drug-likeness (QED) is 0.799. The fourth-order valence-corrected chi connectivity index (χ4v) is 2.95. The predicted molar refractivity (Wildman–Crippen MR) is 92.9 cm³/mol. The first kappa shape index (κ1) is 18.9. The van der Waals surface area contributed by atoms with Crippen molar-refractivity contribution in [1.29, 1.82) is 0 Å². The van der Waals surface area contributed by atoms with Crippen molar-refractivity contribution in [3.05, 3.63) is 35.4 Å². The first-order valence-electron chi connectivity index (χ1n) is 8.20. The van der Waals surface area contributed by atoms with Crippen LogP contribution in [0.1, 0.15) is 22.8 Å². The number of methoxy groups -OCH3 is 1. The van der Waals surface area contributed by atoms with E-state index in [2.05, 4.69) is 0 Å². The van der Waals surface area contributed by atoms with Gasteiger partial charge in [-0.1, -0.05) is 12.1 Å². The molecule has 0 radical (unpaired) electrons. The minimum absolute atomic E-state index is 0.135. The van der Waals surface area contributed by atoms with Gasteiger partial charge in [-0.3, -0.25) is 14.4 Å². The molecule has 1 atom stereocenters. The Balaban J connectivity index is 2.15. The molecule has 0 N–H and O–H groups in total. The summed E-state index contributed by atoms with van der Waals surface area (Å²) in [6.07, 6.45) is 0. The normalized spacial score (nSPS) is 17.4. The van der Waals surface area contributed by atoms with E-state index in [0.29, 0.717) is 25.3 Å². The molecule has 0 spiro atoms. The van der Waals surface area contributed by atoms with Gasteiger partial charge in [-0.25, -0.2) is 0 Å². The van der Waals surface area contributed by atoms with E-state index in [1.807, 2.05) is 12.1 Å². The summed E-state index contributed by atoms with van der Waals surface area (Å²) in [5.74, 6) is -0.469. The largest absolute Gasteiger partial charge is 0.380 e. The third-order valence-electron chi connectivity index (χ3n) is 4.31. The van der Waals surface area contributed by atoms with Crippen molar-refractivity contribution in [3.63, 3.8) is 0 Å². The topological polar surface area (TPSA) is 70.2 Å². The van der Waals surface area contributed by atoms with Crippen LogP contribution in [0.5, 0.6) is 0 Å². The van der Waals surface area contributed by atoms with Crippen molar-refractivity contribution < 1.29 is 19.1 Å². The number of likely N-dealkylation sites (N-methyl/N-ethyl adjacent to an activating group) is 1. The van der Waals surface area contributed by atoms with Crippen molar-refractivity contribution in [2.75, 3.05) is 40.8 Å². The Bertz CT molecular complexity index is 642. The molecule has 0 aliphatic carbocycles. The van der Waals surface area contributed by atoms with Gasteiger partial charge in [-0.2, -0.15) is 0 Å². The summed E-state index contributed by atoms with van der Waals surface area (Å²) in [6, 6.07) is 6.59. The molecule has 2 rings (SSSR count). The summed E-state index contributed by atoms with van der Waals surface area (Å²) in [5.41, 5.74) is 1.55. The van der Waals surface area contributed by atoms with Gasteiger partial charge in [0.25, 0.3) is 5.91 Å². The van der Waals surface area contributed by atoms with Crippen molar-refractivity contribution in [1.82, 2.24) is 14.7 Å². The van der Waals surface area contributed by atoms with Crippen LogP contribution >= 0.6 is 0 Å². The standard InChI is InChI=1S/C18H25N3O4/c1-13(22)21-10-9-20(11-16(21)18(24)19(2)3)17(23)15-7-5-14(6-8-15)12-25-4/h5-8,16H,9-12H2,1-4H3/t16-/m1/s1. The maximum Gasteiger partial charge on any atom is 0.253 e. The number of ether oxygens (including phenoxy) is 1. The van der Waals surface area contributed by atoms with E-state index in [9.17, 15) is 14.4 Å². The van der Waals surface area contributed by atoms with E-state index in [1.165, 1.54) is 16.7 Å². The Labute approximate surface area is 148 Å². The lowest BCUT2D eigenvalue weighted by atomic mass is 10.1. The zero-order valence-corrected chi connectivity index (χ0v) is 15.2. The zero-order valence-electron chi connectivity index (χ0n) is 15.2. The van der Waals surface area contributed by atoms with Gasteiger partial charge >= 0.3 is 0 Å². The van der Waals surface area contributed by atoms with E-state index in [-0.39, 0.29) is 24.3 Å². The lowest BCUT2D eigenvalue weighted by molar-refractivity contribution is -0.146. The highest BCUT2D eigenvalue weighted by atomic mass is 16.5. The number of benzene rings is 1. The molecule has 7 heteroatoms. The number of carbonyl (C=O) groups excluding carboxylic acids is 3. The highest BCUT2D eigenvalue weighted by molar-refractivity contribution is 5.95. The second-order valence-corrected chi connectivity index (χ2v) is 6.34. The molecule has 1 aliphatic rings. The number of amides is 3. The molecular weight excluding hydrogens is 322 g/mol. The Hall–Kier alpha value is -2.41. The highest BCUT2D eigenvalue weighted by Gasteiger charge is 2.36. The minimum atomic E-state index is -0.641. The lowest BCUT2D eigenvalue weighted by Gasteiger charge is -2.41. The molecule has 0 saturated carbocycles. The van der Waals surface area contributed by atoms with E-state index < -0.39 is 6.04 Å². The smallest absolute Gasteiger partial charge is 0.253 e. The van der Waals surface area contributed by atoms with Gasteiger partial charge < -0.3 is 19.4 Å². The van der Waals surface area contributed by atoms with Crippen LogP contribution in [0.15, 0.2) is 24.3 Å². The Morgan fingerprint density at radius 3 is 2.32 bits per heavy atom. The number of carbonyl (C=O) groups is 3. The summed E-state index contributed by atoms with van der Waals surface area (Å²) < 4.78 is 5.07. The van der Waals surface area contributed by atoms with Crippen LogP contribution in [0.25, 0.3) is 0 Å². The highest BCUT2D eigenvalue weighted by Crippen LogP contribution is 2.16. The van der Waals surface area contributed by atoms with Gasteiger partial charge in [0.2, 0.25) is 11.8 Å². The fourth-order valence-electron chi connectivity index (χ4n) is 2.95. The zero-order chi connectivity index (χ0) is 18.6. The van der Waals surface area contributed by atoms with E-state index >= 15 is 0 Å². The molecule has 7 nitrogen and oxygen atoms in total. The van der Waals surface area contributed by atoms with Gasteiger partial charge in [0.1, 0.15) is 6.04 Å². The molecular formula is C18H25N3O4. The molecule has 25 heavy (non-hydrogen) atoms. The molecule has 0 bridgehead atoms. The maximum absolute atomic E-state index is 12.7. The van der Waals surface area contributed by atoms with Crippen LogP contribution in [0.4, 0.5) is 0 Å². The van der Waals surface area contributed by atoms with Crippen molar-refractivity contribution in [2.24, 2.45) is 0 Å². The average Bonchev–Trinajstić information content (AvgIpc) is 2.60. The molecule has 1 saturated heterocycles. The second kappa shape index (κ2) is 8.11.